The molecule has 29 heavy (non-hydrogen) atoms. The number of oxazole rings is 1. The predicted octanol–water partition coefficient (Wildman–Crippen LogP) is 4.53. The van der Waals surface area contributed by atoms with Crippen LogP contribution in [-0.2, 0) is 16.4 Å². The van der Waals surface area contributed by atoms with Gasteiger partial charge in [0.05, 0.1) is 10.6 Å². The molecule has 0 unspecified atom stereocenters. The summed E-state index contributed by atoms with van der Waals surface area (Å²) < 4.78 is 33.2. The van der Waals surface area contributed by atoms with Gasteiger partial charge in [-0.3, -0.25) is 0 Å². The molecule has 3 aromatic carbocycles. The first-order valence-electron chi connectivity index (χ1n) is 9.27. The molecule has 0 aliphatic heterocycles. The fraction of sp³-hybridized carbons (Fsp3) is 0.0870. The SMILES string of the molecule is O=S(=O)(NCCc1coc(-c2ccccc2)n1)c1ccc(-c2ccccc2)cc1. The summed E-state index contributed by atoms with van der Waals surface area (Å²) >= 11 is 0. The molecule has 0 saturated heterocycles. The Morgan fingerprint density at radius 2 is 1.34 bits per heavy atom. The normalized spacial score (nSPS) is 11.4. The Morgan fingerprint density at radius 3 is 2.00 bits per heavy atom. The third-order valence-corrected chi connectivity index (χ3v) is 5.99. The number of hydrogen-bond donors (Lipinski definition) is 1. The minimum atomic E-state index is -3.58. The average molecular weight is 404 g/mol. The minimum Gasteiger partial charge on any atom is -0.444 e. The Labute approximate surface area is 170 Å². The van der Waals surface area contributed by atoms with Gasteiger partial charge in [-0.25, -0.2) is 18.1 Å². The molecule has 4 aromatic rings. The van der Waals surface area contributed by atoms with E-state index in [1.807, 2.05) is 72.8 Å². The summed E-state index contributed by atoms with van der Waals surface area (Å²) in [5.41, 5.74) is 3.61. The Hall–Kier alpha value is -3.22. The van der Waals surface area contributed by atoms with Gasteiger partial charge in [-0.05, 0) is 35.4 Å². The van der Waals surface area contributed by atoms with Gasteiger partial charge in [-0.2, -0.15) is 0 Å². The summed E-state index contributed by atoms with van der Waals surface area (Å²) in [5.74, 6) is 0.528. The molecule has 146 valence electrons. The van der Waals surface area contributed by atoms with E-state index in [2.05, 4.69) is 9.71 Å². The topological polar surface area (TPSA) is 72.2 Å². The first-order valence-corrected chi connectivity index (χ1v) is 10.8. The van der Waals surface area contributed by atoms with Crippen LogP contribution in [-0.4, -0.2) is 19.9 Å². The lowest BCUT2D eigenvalue weighted by molar-refractivity contribution is 0.570. The molecule has 5 nitrogen and oxygen atoms in total. The fourth-order valence-corrected chi connectivity index (χ4v) is 4.02. The van der Waals surface area contributed by atoms with E-state index in [9.17, 15) is 8.42 Å². The summed E-state index contributed by atoms with van der Waals surface area (Å²) in [4.78, 5) is 4.65. The van der Waals surface area contributed by atoms with Crippen molar-refractivity contribution in [3.05, 3.63) is 96.9 Å². The van der Waals surface area contributed by atoms with Gasteiger partial charge >= 0.3 is 0 Å². The number of aromatic nitrogens is 1. The van der Waals surface area contributed by atoms with Crippen LogP contribution in [0.25, 0.3) is 22.6 Å². The number of benzene rings is 3. The molecule has 0 aliphatic carbocycles. The molecule has 6 heteroatoms. The van der Waals surface area contributed by atoms with Crippen LogP contribution < -0.4 is 4.72 Å². The standard InChI is InChI=1S/C23H20N2O3S/c26-29(27,22-13-11-19(12-14-22)18-7-3-1-4-8-18)24-16-15-21-17-28-23(25-21)20-9-5-2-6-10-20/h1-14,17,24H,15-16H2. The lowest BCUT2D eigenvalue weighted by Gasteiger charge is -2.07. The zero-order valence-electron chi connectivity index (χ0n) is 15.7. The van der Waals surface area contributed by atoms with Crippen molar-refractivity contribution in [2.45, 2.75) is 11.3 Å². The summed E-state index contributed by atoms with van der Waals surface area (Å²) in [5, 5.41) is 0. The van der Waals surface area contributed by atoms with E-state index in [4.69, 9.17) is 4.42 Å². The molecule has 0 bridgehead atoms. The van der Waals surface area contributed by atoms with Crippen LogP contribution in [0.4, 0.5) is 0 Å². The van der Waals surface area contributed by atoms with Crippen LogP contribution in [0.2, 0.25) is 0 Å². The smallest absolute Gasteiger partial charge is 0.240 e. The number of nitrogens with zero attached hydrogens (tertiary/aromatic N) is 1. The monoisotopic (exact) mass is 404 g/mol. The van der Waals surface area contributed by atoms with Crippen LogP contribution in [0.5, 0.6) is 0 Å². The maximum atomic E-state index is 12.5. The Kier molecular flexibility index (Phi) is 5.55. The van der Waals surface area contributed by atoms with Gasteiger partial charge in [0.1, 0.15) is 6.26 Å². The van der Waals surface area contributed by atoms with Gasteiger partial charge in [-0.1, -0.05) is 60.7 Å². The Bertz CT molecular complexity index is 1170. The highest BCUT2D eigenvalue weighted by Gasteiger charge is 2.14. The van der Waals surface area contributed by atoms with Gasteiger partial charge < -0.3 is 4.42 Å². The summed E-state index contributed by atoms with van der Waals surface area (Å²) in [6, 6.07) is 26.3. The van der Waals surface area contributed by atoms with Gasteiger partial charge in [-0.15, -0.1) is 0 Å². The van der Waals surface area contributed by atoms with E-state index >= 15 is 0 Å². The second-order valence-electron chi connectivity index (χ2n) is 6.55. The maximum absolute atomic E-state index is 12.5. The van der Waals surface area contributed by atoms with Crippen LogP contribution in [0.3, 0.4) is 0 Å². The molecule has 1 heterocycles. The van der Waals surface area contributed by atoms with Crippen LogP contribution >= 0.6 is 0 Å². The van der Waals surface area contributed by atoms with Gasteiger partial charge in [0.2, 0.25) is 15.9 Å². The van der Waals surface area contributed by atoms with Crippen molar-refractivity contribution in [3.63, 3.8) is 0 Å². The predicted molar refractivity (Wildman–Crippen MR) is 113 cm³/mol. The Morgan fingerprint density at radius 1 is 0.759 bits per heavy atom. The summed E-state index contributed by atoms with van der Waals surface area (Å²) in [7, 11) is -3.58. The zero-order chi connectivity index (χ0) is 20.1. The van der Waals surface area contributed by atoms with Gasteiger partial charge in [0.25, 0.3) is 0 Å². The second kappa shape index (κ2) is 8.43. The first kappa shape index (κ1) is 19.1. The quantitative estimate of drug-likeness (QED) is 0.491. The molecule has 0 amide bonds. The molecule has 0 spiro atoms. The third-order valence-electron chi connectivity index (χ3n) is 4.52. The molecule has 0 radical (unpaired) electrons. The molecule has 4 rings (SSSR count). The van der Waals surface area contributed by atoms with Crippen molar-refractivity contribution in [3.8, 4) is 22.6 Å². The van der Waals surface area contributed by atoms with Crippen molar-refractivity contribution in [1.29, 1.82) is 0 Å². The lowest BCUT2D eigenvalue weighted by atomic mass is 10.1. The Balaban J connectivity index is 1.38. The van der Waals surface area contributed by atoms with E-state index in [0.717, 1.165) is 16.7 Å². The zero-order valence-corrected chi connectivity index (χ0v) is 16.5. The molecule has 1 N–H and O–H groups in total. The molecule has 0 atom stereocenters. The van der Waals surface area contributed by atoms with E-state index in [-0.39, 0.29) is 11.4 Å². The van der Waals surface area contributed by atoms with Crippen molar-refractivity contribution in [2.75, 3.05) is 6.54 Å². The molecule has 0 fully saturated rings. The molecular formula is C23H20N2O3S. The average Bonchev–Trinajstić information content (AvgIpc) is 3.24. The highest BCUT2D eigenvalue weighted by molar-refractivity contribution is 7.89. The minimum absolute atomic E-state index is 0.238. The van der Waals surface area contributed by atoms with Crippen molar-refractivity contribution >= 4 is 10.0 Å². The van der Waals surface area contributed by atoms with E-state index < -0.39 is 10.0 Å². The molecule has 0 aliphatic rings. The highest BCUT2D eigenvalue weighted by Crippen LogP contribution is 2.21. The molecule has 1 aromatic heterocycles. The van der Waals surface area contributed by atoms with Gasteiger partial charge in [0, 0.05) is 18.5 Å². The number of hydrogen-bond acceptors (Lipinski definition) is 4. The van der Waals surface area contributed by atoms with Crippen LogP contribution in [0.15, 0.2) is 101 Å². The lowest BCUT2D eigenvalue weighted by Crippen LogP contribution is -2.26. The van der Waals surface area contributed by atoms with Crippen LogP contribution in [0, 0.1) is 0 Å². The third kappa shape index (κ3) is 4.62. The first-order chi connectivity index (χ1) is 14.1. The van der Waals surface area contributed by atoms with E-state index in [1.165, 1.54) is 0 Å². The van der Waals surface area contributed by atoms with Crippen molar-refractivity contribution in [2.24, 2.45) is 0 Å². The summed E-state index contributed by atoms with van der Waals surface area (Å²) in [6.45, 7) is 0.240. The fourth-order valence-electron chi connectivity index (χ4n) is 2.99. The highest BCUT2D eigenvalue weighted by atomic mass is 32.2. The van der Waals surface area contributed by atoms with Crippen molar-refractivity contribution < 1.29 is 12.8 Å². The molecular weight excluding hydrogens is 384 g/mol. The maximum Gasteiger partial charge on any atom is 0.240 e. The molecule has 0 saturated carbocycles. The summed E-state index contributed by atoms with van der Waals surface area (Å²) in [6.07, 6.45) is 2.00. The second-order valence-corrected chi connectivity index (χ2v) is 8.32. The van der Waals surface area contributed by atoms with E-state index in [1.54, 1.807) is 18.4 Å². The van der Waals surface area contributed by atoms with Gasteiger partial charge in [0.15, 0.2) is 0 Å². The number of sulfonamides is 1. The van der Waals surface area contributed by atoms with E-state index in [0.29, 0.717) is 18.0 Å². The van der Waals surface area contributed by atoms with Crippen LogP contribution in [0.1, 0.15) is 5.69 Å². The number of nitrogens with one attached hydrogen (secondary N) is 1. The largest absolute Gasteiger partial charge is 0.444 e. The van der Waals surface area contributed by atoms with Crippen molar-refractivity contribution in [1.82, 2.24) is 9.71 Å². The number of rotatable bonds is 7.